The van der Waals surface area contributed by atoms with E-state index in [9.17, 15) is 18.0 Å². The van der Waals surface area contributed by atoms with E-state index in [2.05, 4.69) is 9.97 Å². The van der Waals surface area contributed by atoms with Crippen molar-refractivity contribution in [3.05, 3.63) is 33.5 Å². The van der Waals surface area contributed by atoms with Crippen molar-refractivity contribution < 1.29 is 13.2 Å². The molecule has 2 heterocycles. The summed E-state index contributed by atoms with van der Waals surface area (Å²) >= 11 is 0. The zero-order valence-electron chi connectivity index (χ0n) is 11.1. The largest absolute Gasteiger partial charge is 0.433 e. The maximum absolute atomic E-state index is 13.0. The highest BCUT2D eigenvalue weighted by atomic mass is 19.4. The van der Waals surface area contributed by atoms with Crippen molar-refractivity contribution in [2.75, 3.05) is 0 Å². The van der Waals surface area contributed by atoms with Gasteiger partial charge in [-0.15, -0.1) is 0 Å². The Morgan fingerprint density at radius 3 is 2.45 bits per heavy atom. The van der Waals surface area contributed by atoms with Gasteiger partial charge in [-0.25, -0.2) is 9.97 Å². The lowest BCUT2D eigenvalue weighted by molar-refractivity contribution is -0.141. The molecule has 0 aliphatic rings. The van der Waals surface area contributed by atoms with E-state index < -0.39 is 23.5 Å². The van der Waals surface area contributed by atoms with Crippen molar-refractivity contribution in [1.29, 1.82) is 0 Å². The molecule has 0 spiro atoms. The number of aryl methyl sites for hydroxylation is 1. The van der Waals surface area contributed by atoms with Crippen molar-refractivity contribution in [2.45, 2.75) is 26.1 Å². The molecule has 0 aliphatic heterocycles. The Hall–Kier alpha value is -1.96. The molecule has 0 aromatic carbocycles. The predicted molar refractivity (Wildman–Crippen MR) is 67.1 cm³/mol. The number of alkyl halides is 3. The van der Waals surface area contributed by atoms with Crippen molar-refractivity contribution in [1.82, 2.24) is 14.5 Å². The minimum absolute atomic E-state index is 0.0263. The fraction of sp³-hybridized carbons (Fsp3) is 0.417. The van der Waals surface area contributed by atoms with Gasteiger partial charge in [-0.1, -0.05) is 0 Å². The average molecular weight is 286 g/mol. The quantitative estimate of drug-likeness (QED) is 0.865. The number of rotatable bonds is 1. The van der Waals surface area contributed by atoms with E-state index >= 15 is 0 Å². The van der Waals surface area contributed by atoms with Gasteiger partial charge >= 0.3 is 6.18 Å². The van der Waals surface area contributed by atoms with Crippen LogP contribution >= 0.6 is 0 Å². The number of pyridine rings is 1. The van der Waals surface area contributed by atoms with Crippen molar-refractivity contribution >= 4 is 11.0 Å². The molecule has 2 aromatic heterocycles. The van der Waals surface area contributed by atoms with Crippen molar-refractivity contribution in [3.63, 3.8) is 0 Å². The molecule has 1 atom stereocenters. The van der Waals surface area contributed by atoms with Gasteiger partial charge in [-0.05, 0) is 19.9 Å². The third-order valence-electron chi connectivity index (χ3n) is 3.08. The molecule has 0 saturated heterocycles. The Kier molecular flexibility index (Phi) is 3.29. The molecule has 2 N–H and O–H groups in total. The van der Waals surface area contributed by atoms with Crippen molar-refractivity contribution in [3.8, 4) is 0 Å². The lowest BCUT2D eigenvalue weighted by Gasteiger charge is -2.15. The molecule has 5 nitrogen and oxygen atoms in total. The number of nitrogens with two attached hydrogens (primary N) is 1. The maximum atomic E-state index is 13.0. The van der Waals surface area contributed by atoms with Crippen LogP contribution in [0.3, 0.4) is 0 Å². The second-order valence-corrected chi connectivity index (χ2v) is 4.61. The summed E-state index contributed by atoms with van der Waals surface area (Å²) in [6.45, 7) is 2.93. The molecule has 20 heavy (non-hydrogen) atoms. The van der Waals surface area contributed by atoms with E-state index in [1.807, 2.05) is 0 Å². The third-order valence-corrected chi connectivity index (χ3v) is 3.08. The molecule has 0 amide bonds. The summed E-state index contributed by atoms with van der Waals surface area (Å²) in [5.41, 5.74) is 3.57. The molecule has 108 valence electrons. The lowest BCUT2D eigenvalue weighted by Crippen LogP contribution is -2.24. The van der Waals surface area contributed by atoms with Crippen molar-refractivity contribution in [2.24, 2.45) is 12.8 Å². The highest BCUT2D eigenvalue weighted by Crippen LogP contribution is 2.33. The molecule has 1 unspecified atom stereocenters. The van der Waals surface area contributed by atoms with Crippen LogP contribution in [0.25, 0.3) is 11.0 Å². The van der Waals surface area contributed by atoms with Crippen LogP contribution in [0.2, 0.25) is 0 Å². The summed E-state index contributed by atoms with van der Waals surface area (Å²) in [5.74, 6) is 0.289. The third kappa shape index (κ3) is 2.26. The average Bonchev–Trinajstić information content (AvgIpc) is 2.33. The van der Waals surface area contributed by atoms with Crippen LogP contribution in [0.1, 0.15) is 30.0 Å². The smallest absolute Gasteiger partial charge is 0.324 e. The molecule has 2 rings (SSSR count). The molecule has 0 radical (unpaired) electrons. The normalized spacial score (nSPS) is 13.8. The summed E-state index contributed by atoms with van der Waals surface area (Å²) in [4.78, 5) is 19.5. The van der Waals surface area contributed by atoms with Gasteiger partial charge in [0, 0.05) is 18.7 Å². The molecule has 8 heteroatoms. The summed E-state index contributed by atoms with van der Waals surface area (Å²) in [6, 6.07) is 0.236. The zero-order valence-corrected chi connectivity index (χ0v) is 11.1. The second-order valence-electron chi connectivity index (χ2n) is 4.61. The predicted octanol–water partition coefficient (Wildman–Crippen LogP) is 1.68. The fourth-order valence-electron chi connectivity index (χ4n) is 1.89. The van der Waals surface area contributed by atoms with E-state index in [1.54, 1.807) is 0 Å². The van der Waals surface area contributed by atoms with Gasteiger partial charge in [0.2, 0.25) is 0 Å². The summed E-state index contributed by atoms with van der Waals surface area (Å²) in [7, 11) is 1.49. The summed E-state index contributed by atoms with van der Waals surface area (Å²) in [6.07, 6.45) is -4.65. The van der Waals surface area contributed by atoms with Gasteiger partial charge in [-0.2, -0.15) is 13.2 Å². The van der Waals surface area contributed by atoms with Gasteiger partial charge in [0.25, 0.3) is 5.56 Å². The maximum Gasteiger partial charge on any atom is 0.433 e. The fourth-order valence-corrected chi connectivity index (χ4v) is 1.89. The minimum atomic E-state index is -4.65. The second kappa shape index (κ2) is 4.55. The molecule has 2 aromatic rings. The van der Waals surface area contributed by atoms with Crippen LogP contribution in [-0.2, 0) is 13.2 Å². The van der Waals surface area contributed by atoms with Gasteiger partial charge in [0.15, 0.2) is 11.3 Å². The lowest BCUT2D eigenvalue weighted by atomic mass is 10.1. The summed E-state index contributed by atoms with van der Waals surface area (Å²) < 4.78 is 40.2. The number of fused-ring (bicyclic) bond motifs is 1. The standard InChI is InChI=1S/C12H13F3N4O/c1-5(16)7-4-8-10(18-9(7)12(13,14)15)17-6(2)19(3)11(8)20/h4-5H,16H2,1-3H3. The first-order chi connectivity index (χ1) is 9.12. The van der Waals surface area contributed by atoms with E-state index in [0.717, 1.165) is 6.07 Å². The summed E-state index contributed by atoms with van der Waals surface area (Å²) in [5, 5.41) is 0.0263. The van der Waals surface area contributed by atoms with E-state index in [0.29, 0.717) is 0 Å². The van der Waals surface area contributed by atoms with Gasteiger partial charge in [-0.3, -0.25) is 9.36 Å². The number of nitrogens with zero attached hydrogens (tertiary/aromatic N) is 3. The van der Waals surface area contributed by atoms with E-state index in [-0.39, 0.29) is 22.4 Å². The topological polar surface area (TPSA) is 73.8 Å². The first-order valence-corrected chi connectivity index (χ1v) is 5.84. The highest BCUT2D eigenvalue weighted by molar-refractivity contribution is 5.75. The molecule has 0 aliphatic carbocycles. The van der Waals surface area contributed by atoms with E-state index in [4.69, 9.17) is 5.73 Å². The minimum Gasteiger partial charge on any atom is -0.324 e. The first-order valence-electron chi connectivity index (χ1n) is 5.84. The molecule has 0 bridgehead atoms. The van der Waals surface area contributed by atoms with Gasteiger partial charge < -0.3 is 5.73 Å². The molecule has 0 saturated carbocycles. The van der Waals surface area contributed by atoms with Crippen LogP contribution in [0, 0.1) is 6.92 Å². The number of hydrogen-bond acceptors (Lipinski definition) is 4. The monoisotopic (exact) mass is 286 g/mol. The zero-order chi connectivity index (χ0) is 15.2. The Morgan fingerprint density at radius 1 is 1.35 bits per heavy atom. The van der Waals surface area contributed by atoms with Crippen LogP contribution in [0.4, 0.5) is 13.2 Å². The molecule has 0 fully saturated rings. The number of aromatic nitrogens is 3. The Bertz CT molecular complexity index is 734. The Balaban J connectivity index is 2.93. The first kappa shape index (κ1) is 14.4. The van der Waals surface area contributed by atoms with Crippen LogP contribution in [-0.4, -0.2) is 14.5 Å². The Morgan fingerprint density at radius 2 is 1.95 bits per heavy atom. The SMILES string of the molecule is Cc1nc2nc(C(F)(F)F)c(C(C)N)cc2c(=O)n1C. The van der Waals surface area contributed by atoms with Crippen LogP contribution in [0.5, 0.6) is 0 Å². The number of halogens is 3. The van der Waals surface area contributed by atoms with E-state index in [1.165, 1.54) is 25.5 Å². The van der Waals surface area contributed by atoms with Gasteiger partial charge in [0.1, 0.15) is 5.82 Å². The highest BCUT2D eigenvalue weighted by Gasteiger charge is 2.37. The molecular formula is C12H13F3N4O. The van der Waals surface area contributed by atoms with Crippen LogP contribution in [0.15, 0.2) is 10.9 Å². The number of hydrogen-bond donors (Lipinski definition) is 1. The van der Waals surface area contributed by atoms with Gasteiger partial charge in [0.05, 0.1) is 5.39 Å². The van der Waals surface area contributed by atoms with Crippen LogP contribution < -0.4 is 11.3 Å². The Labute approximate surface area is 112 Å². The molecular weight excluding hydrogens is 273 g/mol.